The molecule has 6 nitrogen and oxygen atoms in total. The summed E-state index contributed by atoms with van der Waals surface area (Å²) in [6, 6.07) is 0.304. The summed E-state index contributed by atoms with van der Waals surface area (Å²) < 4.78 is 2.04. The number of hydrogen-bond acceptors (Lipinski definition) is 3. The molecule has 0 bridgehead atoms. The maximum absolute atomic E-state index is 13.4. The lowest BCUT2D eigenvalue weighted by atomic mass is 9.99. The van der Waals surface area contributed by atoms with Gasteiger partial charge < -0.3 is 14.4 Å². The summed E-state index contributed by atoms with van der Waals surface area (Å²) in [6.45, 7) is 9.41. The SMILES string of the molecule is CCCN(CCC)C(=O)c1nc(C(=O)N2CCCCC2CC)c2n1CCCC2. The summed E-state index contributed by atoms with van der Waals surface area (Å²) in [5, 5.41) is 0. The topological polar surface area (TPSA) is 58.4 Å². The fourth-order valence-electron chi connectivity index (χ4n) is 4.70. The Balaban J connectivity index is 1.94. The lowest BCUT2D eigenvalue weighted by Gasteiger charge is -2.35. The molecule has 1 unspecified atom stereocenters. The van der Waals surface area contributed by atoms with Crippen molar-refractivity contribution in [2.45, 2.75) is 91.1 Å². The molecule has 156 valence electrons. The fourth-order valence-corrected chi connectivity index (χ4v) is 4.70. The number of fused-ring (bicyclic) bond motifs is 1. The van der Waals surface area contributed by atoms with Gasteiger partial charge in [0.05, 0.1) is 5.69 Å². The summed E-state index contributed by atoms with van der Waals surface area (Å²) in [5.74, 6) is 0.496. The smallest absolute Gasteiger partial charge is 0.289 e. The zero-order valence-electron chi connectivity index (χ0n) is 17.9. The van der Waals surface area contributed by atoms with Gasteiger partial charge in [0.15, 0.2) is 5.82 Å². The molecule has 0 radical (unpaired) electrons. The molecule has 3 heterocycles. The lowest BCUT2D eigenvalue weighted by Crippen LogP contribution is -2.44. The quantitative estimate of drug-likeness (QED) is 0.712. The minimum Gasteiger partial charge on any atom is -0.336 e. The second-order valence-electron chi connectivity index (χ2n) is 8.19. The van der Waals surface area contributed by atoms with Gasteiger partial charge >= 0.3 is 0 Å². The van der Waals surface area contributed by atoms with Crippen LogP contribution in [-0.2, 0) is 13.0 Å². The molecular formula is C22H36N4O2. The first-order chi connectivity index (χ1) is 13.6. The van der Waals surface area contributed by atoms with E-state index in [2.05, 4.69) is 20.8 Å². The predicted molar refractivity (Wildman–Crippen MR) is 111 cm³/mol. The summed E-state index contributed by atoms with van der Waals surface area (Å²) in [5.41, 5.74) is 1.52. The van der Waals surface area contributed by atoms with Gasteiger partial charge in [-0.2, -0.15) is 0 Å². The standard InChI is InChI=1S/C22H36N4O2/c1-4-13-24(14-5-2)22(28)20-23-19(18-12-8-10-16-26(18)20)21(27)25-15-9-7-11-17(25)6-3/h17H,4-16H2,1-3H3. The molecule has 2 amide bonds. The number of carbonyl (C=O) groups excluding carboxylic acids is 2. The van der Waals surface area contributed by atoms with Gasteiger partial charge in [-0.1, -0.05) is 20.8 Å². The average molecular weight is 389 g/mol. The molecule has 6 heteroatoms. The Morgan fingerprint density at radius 2 is 1.75 bits per heavy atom. The van der Waals surface area contributed by atoms with E-state index < -0.39 is 0 Å². The highest BCUT2D eigenvalue weighted by atomic mass is 16.2. The number of imidazole rings is 1. The van der Waals surface area contributed by atoms with Crippen LogP contribution in [0.1, 0.15) is 98.9 Å². The van der Waals surface area contributed by atoms with Crippen LogP contribution >= 0.6 is 0 Å². The zero-order chi connectivity index (χ0) is 20.1. The third-order valence-corrected chi connectivity index (χ3v) is 6.15. The van der Waals surface area contributed by atoms with Crippen molar-refractivity contribution in [3.63, 3.8) is 0 Å². The van der Waals surface area contributed by atoms with Crippen molar-refractivity contribution in [2.75, 3.05) is 19.6 Å². The molecule has 2 aliphatic rings. The van der Waals surface area contributed by atoms with Crippen molar-refractivity contribution in [2.24, 2.45) is 0 Å². The number of nitrogens with zero attached hydrogens (tertiary/aromatic N) is 4. The van der Waals surface area contributed by atoms with Gasteiger partial charge in [-0.15, -0.1) is 0 Å². The molecule has 0 aromatic carbocycles. The van der Waals surface area contributed by atoms with Gasteiger partial charge in [-0.3, -0.25) is 9.59 Å². The van der Waals surface area contributed by atoms with Gasteiger partial charge in [0.2, 0.25) is 0 Å². The number of rotatable bonds is 7. The van der Waals surface area contributed by atoms with Gasteiger partial charge in [0.1, 0.15) is 5.69 Å². The molecule has 3 rings (SSSR count). The van der Waals surface area contributed by atoms with Crippen molar-refractivity contribution < 1.29 is 9.59 Å². The number of amides is 2. The van der Waals surface area contributed by atoms with Crippen LogP contribution < -0.4 is 0 Å². The van der Waals surface area contributed by atoms with Crippen LogP contribution in [-0.4, -0.2) is 56.8 Å². The highest BCUT2D eigenvalue weighted by molar-refractivity contribution is 5.97. The van der Waals surface area contributed by atoms with Crippen LogP contribution in [0.2, 0.25) is 0 Å². The lowest BCUT2D eigenvalue weighted by molar-refractivity contribution is 0.0600. The van der Waals surface area contributed by atoms with Crippen LogP contribution in [0, 0.1) is 0 Å². The average Bonchev–Trinajstić information content (AvgIpc) is 3.12. The summed E-state index contributed by atoms with van der Waals surface area (Å²) in [6.07, 6.45) is 9.10. The maximum atomic E-state index is 13.4. The van der Waals surface area contributed by atoms with Gasteiger partial charge in [0, 0.05) is 32.2 Å². The first-order valence-electron chi connectivity index (χ1n) is 11.3. The van der Waals surface area contributed by atoms with Gasteiger partial charge in [-0.25, -0.2) is 4.98 Å². The van der Waals surface area contributed by atoms with E-state index in [9.17, 15) is 9.59 Å². The molecule has 1 aromatic heterocycles. The molecule has 1 saturated heterocycles. The van der Waals surface area contributed by atoms with E-state index in [0.29, 0.717) is 17.6 Å². The fraction of sp³-hybridized carbons (Fsp3) is 0.773. The van der Waals surface area contributed by atoms with Gasteiger partial charge in [-0.05, 0) is 57.8 Å². The Hall–Kier alpha value is -1.85. The Bertz CT molecular complexity index is 691. The minimum absolute atomic E-state index is 0.0171. The van der Waals surface area contributed by atoms with Crippen LogP contribution in [0.4, 0.5) is 0 Å². The molecule has 2 aliphatic heterocycles. The third-order valence-electron chi connectivity index (χ3n) is 6.15. The van der Waals surface area contributed by atoms with E-state index in [1.165, 1.54) is 6.42 Å². The van der Waals surface area contributed by atoms with Gasteiger partial charge in [0.25, 0.3) is 11.8 Å². The van der Waals surface area contributed by atoms with E-state index in [1.54, 1.807) is 0 Å². The number of carbonyl (C=O) groups is 2. The molecule has 1 atom stereocenters. The molecule has 0 aliphatic carbocycles. The number of hydrogen-bond donors (Lipinski definition) is 0. The predicted octanol–water partition coefficient (Wildman–Crippen LogP) is 3.89. The van der Waals surface area contributed by atoms with Crippen molar-refractivity contribution in [1.29, 1.82) is 0 Å². The van der Waals surface area contributed by atoms with Crippen LogP contribution in [0.15, 0.2) is 0 Å². The van der Waals surface area contributed by atoms with Crippen molar-refractivity contribution in [1.82, 2.24) is 19.4 Å². The van der Waals surface area contributed by atoms with E-state index in [0.717, 1.165) is 83.2 Å². The number of piperidine rings is 1. The minimum atomic E-state index is -0.0171. The monoisotopic (exact) mass is 388 g/mol. The van der Waals surface area contributed by atoms with Crippen LogP contribution in [0.25, 0.3) is 0 Å². The highest BCUT2D eigenvalue weighted by Gasteiger charge is 2.34. The first kappa shape index (κ1) is 20.9. The molecule has 0 saturated carbocycles. The second kappa shape index (κ2) is 9.57. The molecule has 28 heavy (non-hydrogen) atoms. The van der Waals surface area contributed by atoms with E-state index >= 15 is 0 Å². The maximum Gasteiger partial charge on any atom is 0.289 e. The summed E-state index contributed by atoms with van der Waals surface area (Å²) in [4.78, 5) is 35.3. The van der Waals surface area contributed by atoms with Crippen molar-refractivity contribution in [3.05, 3.63) is 17.2 Å². The molecule has 0 spiro atoms. The largest absolute Gasteiger partial charge is 0.336 e. The Labute approximate surface area is 169 Å². The summed E-state index contributed by atoms with van der Waals surface area (Å²) >= 11 is 0. The van der Waals surface area contributed by atoms with Crippen LogP contribution in [0.5, 0.6) is 0 Å². The molecule has 1 aromatic rings. The Kier molecular flexibility index (Phi) is 7.13. The Morgan fingerprint density at radius 1 is 1.04 bits per heavy atom. The third kappa shape index (κ3) is 4.11. The highest BCUT2D eigenvalue weighted by Crippen LogP contribution is 2.27. The first-order valence-corrected chi connectivity index (χ1v) is 11.3. The van der Waals surface area contributed by atoms with E-state index in [4.69, 9.17) is 4.98 Å². The van der Waals surface area contributed by atoms with E-state index in [1.807, 2.05) is 14.4 Å². The normalized spacial score (nSPS) is 19.4. The van der Waals surface area contributed by atoms with Crippen molar-refractivity contribution >= 4 is 11.8 Å². The van der Waals surface area contributed by atoms with Crippen LogP contribution in [0.3, 0.4) is 0 Å². The molecule has 0 N–H and O–H groups in total. The Morgan fingerprint density at radius 3 is 2.43 bits per heavy atom. The van der Waals surface area contributed by atoms with E-state index in [-0.39, 0.29) is 11.8 Å². The second-order valence-corrected chi connectivity index (χ2v) is 8.19. The summed E-state index contributed by atoms with van der Waals surface area (Å²) in [7, 11) is 0. The zero-order valence-corrected chi connectivity index (χ0v) is 17.9. The number of likely N-dealkylation sites (tertiary alicyclic amines) is 1. The molecule has 1 fully saturated rings. The number of aromatic nitrogens is 2. The van der Waals surface area contributed by atoms with Crippen molar-refractivity contribution in [3.8, 4) is 0 Å². The molecular weight excluding hydrogens is 352 g/mol.